The van der Waals surface area contributed by atoms with Crippen molar-refractivity contribution in [2.24, 2.45) is 5.73 Å². The van der Waals surface area contributed by atoms with Gasteiger partial charge in [-0.15, -0.1) is 30.1 Å². The summed E-state index contributed by atoms with van der Waals surface area (Å²) in [6.45, 7) is 0. The molecule has 0 heterocycles. The number of hydrogen-bond acceptors (Lipinski definition) is 7. The molecule has 0 aliphatic rings. The van der Waals surface area contributed by atoms with Gasteiger partial charge in [0, 0.05) is 12.1 Å². The number of nitrogens with zero attached hydrogens (tertiary/aromatic N) is 1. The third kappa shape index (κ3) is 6.28. The number of ether oxygens (including phenoxy) is 2. The van der Waals surface area contributed by atoms with Crippen LogP contribution in [-0.2, 0) is 20.0 Å². The summed E-state index contributed by atoms with van der Waals surface area (Å²) in [4.78, 5) is -2.20. The minimum absolute atomic E-state index is 0.406. The Morgan fingerprint density at radius 1 is 0.794 bits per heavy atom. The summed E-state index contributed by atoms with van der Waals surface area (Å²) in [6.07, 6.45) is -10.3. The maximum Gasteiger partial charge on any atom is 0.573 e. The van der Waals surface area contributed by atoms with E-state index in [9.17, 15) is 43.2 Å². The van der Waals surface area contributed by atoms with E-state index in [4.69, 9.17) is 34.3 Å². The van der Waals surface area contributed by atoms with Gasteiger partial charge in [0.15, 0.2) is 0 Å². The van der Waals surface area contributed by atoms with Crippen molar-refractivity contribution in [1.82, 2.24) is 3.71 Å². The molecule has 188 valence electrons. The fraction of sp³-hybridized carbons (Fsp3) is 0.133. The Morgan fingerprint density at radius 2 is 1.12 bits per heavy atom. The van der Waals surface area contributed by atoms with E-state index in [2.05, 4.69) is 9.47 Å². The molecule has 0 aliphatic heterocycles. The minimum Gasteiger partial charge on any atom is -0.406 e. The van der Waals surface area contributed by atoms with Crippen LogP contribution in [0.5, 0.6) is 11.5 Å². The van der Waals surface area contributed by atoms with Crippen LogP contribution >= 0.6 is 23.2 Å². The van der Waals surface area contributed by atoms with Crippen molar-refractivity contribution >= 4 is 49.2 Å². The molecule has 0 saturated heterocycles. The Morgan fingerprint density at radius 3 is 1.35 bits per heavy atom. The van der Waals surface area contributed by atoms with Gasteiger partial charge in [-0.2, -0.15) is 16.8 Å². The largest absolute Gasteiger partial charge is 0.573 e. The normalized spacial score (nSPS) is 12.8. The standard InChI is InChI=1S/C15H9Cl2F6N3O6S2/c16-9-5-7(31-14(18,19)20)1-3-11(9)33(27,28)26(13(24)25)34(29,30)12-4-2-8(6-10(12)17)32-15(21,22)23/h1-6H,(H3,24,25). The molecule has 0 aliphatic carbocycles. The van der Waals surface area contributed by atoms with Gasteiger partial charge >= 0.3 is 12.7 Å². The first-order chi connectivity index (χ1) is 15.3. The van der Waals surface area contributed by atoms with Crippen LogP contribution in [0.2, 0.25) is 10.0 Å². The second-order valence-corrected chi connectivity index (χ2v) is 10.4. The Balaban J connectivity index is 2.58. The molecular formula is C15H9Cl2F6N3O6S2. The van der Waals surface area contributed by atoms with Crippen molar-refractivity contribution in [3.8, 4) is 11.5 Å². The zero-order valence-corrected chi connectivity index (χ0v) is 18.9. The summed E-state index contributed by atoms with van der Waals surface area (Å²) in [5.41, 5.74) is 5.13. The number of nitrogens with two attached hydrogens (primary N) is 1. The van der Waals surface area contributed by atoms with Gasteiger partial charge in [-0.1, -0.05) is 23.2 Å². The van der Waals surface area contributed by atoms with Crippen LogP contribution < -0.4 is 15.2 Å². The Kier molecular flexibility index (Phi) is 7.47. The Hall–Kier alpha value is -2.63. The quantitative estimate of drug-likeness (QED) is 0.300. The monoisotopic (exact) mass is 575 g/mol. The Labute approximate surface area is 197 Å². The molecule has 0 amide bonds. The summed E-state index contributed by atoms with van der Waals surface area (Å²) in [7, 11) is -10.8. The van der Waals surface area contributed by atoms with Crippen LogP contribution in [0, 0.1) is 5.41 Å². The predicted molar refractivity (Wildman–Crippen MR) is 104 cm³/mol. The number of nitrogens with one attached hydrogen (secondary N) is 1. The maximum atomic E-state index is 12.9. The minimum atomic E-state index is -5.40. The SMILES string of the molecule is N=C(N)N(S(=O)(=O)c1ccc(OC(F)(F)F)cc1Cl)S(=O)(=O)c1ccc(OC(F)(F)F)cc1Cl. The lowest BCUT2D eigenvalue weighted by atomic mass is 10.3. The number of sulfonamides is 2. The molecule has 19 heteroatoms. The van der Waals surface area contributed by atoms with Crippen molar-refractivity contribution < 1.29 is 52.7 Å². The van der Waals surface area contributed by atoms with Gasteiger partial charge < -0.3 is 15.2 Å². The average Bonchev–Trinajstić information content (AvgIpc) is 2.57. The van der Waals surface area contributed by atoms with Gasteiger partial charge in [0.1, 0.15) is 21.3 Å². The maximum absolute atomic E-state index is 12.9. The van der Waals surface area contributed by atoms with E-state index in [1.807, 2.05) is 0 Å². The molecule has 3 N–H and O–H groups in total. The van der Waals surface area contributed by atoms with Gasteiger partial charge in [-0.25, -0.2) is 0 Å². The molecule has 0 spiro atoms. The van der Waals surface area contributed by atoms with Gasteiger partial charge in [0.2, 0.25) is 5.96 Å². The van der Waals surface area contributed by atoms with Crippen LogP contribution in [0.3, 0.4) is 0 Å². The first-order valence-electron chi connectivity index (χ1n) is 8.01. The fourth-order valence-electron chi connectivity index (χ4n) is 2.34. The van der Waals surface area contributed by atoms with E-state index in [1.165, 1.54) is 0 Å². The zero-order valence-electron chi connectivity index (χ0n) is 15.8. The van der Waals surface area contributed by atoms with E-state index < -0.39 is 73.8 Å². The summed E-state index contributed by atoms with van der Waals surface area (Å²) in [5.74, 6) is -3.52. The second kappa shape index (κ2) is 9.20. The van der Waals surface area contributed by atoms with Crippen molar-refractivity contribution in [3.63, 3.8) is 0 Å². The summed E-state index contributed by atoms with van der Waals surface area (Å²) < 4.78 is 132. The van der Waals surface area contributed by atoms with Crippen molar-refractivity contribution in [2.45, 2.75) is 22.5 Å². The topological polar surface area (TPSA) is 140 Å². The summed E-state index contributed by atoms with van der Waals surface area (Å²) in [6, 6.07) is 2.70. The third-order valence-corrected chi connectivity index (χ3v) is 8.58. The number of halogens is 8. The smallest absolute Gasteiger partial charge is 0.406 e. The molecule has 0 atom stereocenters. The molecule has 2 aromatic carbocycles. The highest BCUT2D eigenvalue weighted by molar-refractivity contribution is 8.05. The molecule has 0 radical (unpaired) electrons. The van der Waals surface area contributed by atoms with E-state index in [-0.39, 0.29) is 0 Å². The molecular weight excluding hydrogens is 567 g/mol. The second-order valence-electron chi connectivity index (χ2n) is 5.87. The van der Waals surface area contributed by atoms with E-state index in [1.54, 1.807) is 0 Å². The lowest BCUT2D eigenvalue weighted by Gasteiger charge is -2.23. The zero-order chi connectivity index (χ0) is 26.3. The summed E-state index contributed by atoms with van der Waals surface area (Å²) >= 11 is 11.4. The lowest BCUT2D eigenvalue weighted by molar-refractivity contribution is -0.275. The van der Waals surface area contributed by atoms with Crippen LogP contribution in [-0.4, -0.2) is 39.2 Å². The van der Waals surface area contributed by atoms with Gasteiger partial charge in [0.25, 0.3) is 20.0 Å². The molecule has 34 heavy (non-hydrogen) atoms. The molecule has 0 saturated carbocycles. The number of alkyl halides is 6. The molecule has 0 aromatic heterocycles. The van der Waals surface area contributed by atoms with Crippen LogP contribution in [0.25, 0.3) is 0 Å². The molecule has 2 aromatic rings. The highest BCUT2D eigenvalue weighted by Crippen LogP contribution is 2.36. The predicted octanol–water partition coefficient (Wildman–Crippen LogP) is 4.06. The van der Waals surface area contributed by atoms with Gasteiger partial charge in [0.05, 0.1) is 10.0 Å². The first-order valence-corrected chi connectivity index (χ1v) is 11.6. The van der Waals surface area contributed by atoms with Gasteiger partial charge in [-0.3, -0.25) is 5.41 Å². The molecule has 0 fully saturated rings. The van der Waals surface area contributed by atoms with Crippen molar-refractivity contribution in [3.05, 3.63) is 46.4 Å². The van der Waals surface area contributed by atoms with Crippen LogP contribution in [0.4, 0.5) is 26.3 Å². The van der Waals surface area contributed by atoms with Crippen molar-refractivity contribution in [1.29, 1.82) is 5.41 Å². The lowest BCUT2D eigenvalue weighted by Crippen LogP contribution is -2.45. The number of rotatable bonds is 6. The molecule has 0 bridgehead atoms. The van der Waals surface area contributed by atoms with Crippen LogP contribution in [0.1, 0.15) is 0 Å². The first kappa shape index (κ1) is 27.6. The molecule has 2 rings (SSSR count). The van der Waals surface area contributed by atoms with Crippen molar-refractivity contribution in [2.75, 3.05) is 0 Å². The average molecular weight is 576 g/mol. The van der Waals surface area contributed by atoms with E-state index in [0.717, 1.165) is 0 Å². The number of guanidine groups is 1. The number of benzene rings is 2. The Bertz CT molecular complexity index is 1240. The third-order valence-electron chi connectivity index (χ3n) is 3.46. The summed E-state index contributed by atoms with van der Waals surface area (Å²) in [5, 5.41) is 5.55. The highest BCUT2D eigenvalue weighted by Gasteiger charge is 2.41. The highest BCUT2D eigenvalue weighted by atomic mass is 35.5. The fourth-order valence-corrected chi connectivity index (χ4v) is 6.75. The van der Waals surface area contributed by atoms with E-state index >= 15 is 0 Å². The molecule has 9 nitrogen and oxygen atoms in total. The number of hydrogen-bond donors (Lipinski definition) is 2. The van der Waals surface area contributed by atoms with E-state index in [0.29, 0.717) is 36.4 Å². The van der Waals surface area contributed by atoms with Gasteiger partial charge in [-0.05, 0) is 24.3 Å². The van der Waals surface area contributed by atoms with Crippen LogP contribution in [0.15, 0.2) is 46.2 Å². The molecule has 0 unspecified atom stereocenters.